The fourth-order valence-corrected chi connectivity index (χ4v) is 4.03. The van der Waals surface area contributed by atoms with Gasteiger partial charge in [0, 0.05) is 23.4 Å². The van der Waals surface area contributed by atoms with E-state index in [-0.39, 0.29) is 30.2 Å². The molecule has 0 unspecified atom stereocenters. The van der Waals surface area contributed by atoms with Crippen molar-refractivity contribution in [1.29, 1.82) is 0 Å². The van der Waals surface area contributed by atoms with Crippen molar-refractivity contribution in [2.24, 2.45) is 0 Å². The number of amides is 3. The molecule has 3 amide bonds. The Morgan fingerprint density at radius 3 is 2.73 bits per heavy atom. The Morgan fingerprint density at radius 2 is 2.09 bits per heavy atom. The number of anilines is 1. The second kappa shape index (κ2) is 5.08. The summed E-state index contributed by atoms with van der Waals surface area (Å²) in [6, 6.07) is 0.276. The summed E-state index contributed by atoms with van der Waals surface area (Å²) in [6.07, 6.45) is 0.625. The molecule has 0 spiro atoms. The summed E-state index contributed by atoms with van der Waals surface area (Å²) in [7, 11) is 0. The largest absolute Gasteiger partial charge is 0.374 e. The van der Waals surface area contributed by atoms with Gasteiger partial charge in [-0.2, -0.15) is 0 Å². The van der Waals surface area contributed by atoms with Crippen molar-refractivity contribution < 1.29 is 14.4 Å². The Kier molecular flexibility index (Phi) is 3.47. The van der Waals surface area contributed by atoms with Crippen molar-refractivity contribution in [3.63, 3.8) is 0 Å². The maximum atomic E-state index is 12.7. The van der Waals surface area contributed by atoms with Gasteiger partial charge in [-0.05, 0) is 27.2 Å². The van der Waals surface area contributed by atoms with Gasteiger partial charge >= 0.3 is 0 Å². The third kappa shape index (κ3) is 2.20. The standard InChI is InChI=1S/C15H19N3O3S/c1-8(2)16-12-9-6-18(13(20)10(9)7-22-12)15(3)5-4-11(19)17-14(15)21/h7-8,16H,4-6H2,1-3H3,(H,17,19,21)/t15-/m0/s1. The second-order valence-electron chi connectivity index (χ2n) is 6.30. The lowest BCUT2D eigenvalue weighted by Crippen LogP contribution is -2.61. The SMILES string of the molecule is CC(C)Nc1scc2c1CN([C@@]1(C)CCC(=O)NC1=O)C2=O. The van der Waals surface area contributed by atoms with Crippen LogP contribution in [0.5, 0.6) is 0 Å². The lowest BCUT2D eigenvalue weighted by atomic mass is 9.89. The number of rotatable bonds is 3. The molecule has 2 aliphatic rings. The summed E-state index contributed by atoms with van der Waals surface area (Å²) in [6.45, 7) is 6.23. The number of hydrogen-bond acceptors (Lipinski definition) is 5. The van der Waals surface area contributed by atoms with Crippen molar-refractivity contribution in [3.05, 3.63) is 16.5 Å². The van der Waals surface area contributed by atoms with Crippen molar-refractivity contribution in [1.82, 2.24) is 10.2 Å². The second-order valence-corrected chi connectivity index (χ2v) is 7.18. The Balaban J connectivity index is 1.89. The van der Waals surface area contributed by atoms with Gasteiger partial charge in [-0.3, -0.25) is 19.7 Å². The molecule has 1 aromatic heterocycles. The molecule has 118 valence electrons. The highest BCUT2D eigenvalue weighted by Crippen LogP contribution is 2.40. The minimum atomic E-state index is -0.962. The molecule has 0 aromatic carbocycles. The summed E-state index contributed by atoms with van der Waals surface area (Å²) in [5.74, 6) is -0.787. The molecule has 3 rings (SSSR count). The molecule has 0 radical (unpaired) electrons. The lowest BCUT2D eigenvalue weighted by molar-refractivity contribution is -0.142. The first-order valence-electron chi connectivity index (χ1n) is 7.36. The topological polar surface area (TPSA) is 78.5 Å². The van der Waals surface area contributed by atoms with Crippen molar-refractivity contribution in [2.75, 3.05) is 5.32 Å². The first-order valence-corrected chi connectivity index (χ1v) is 8.24. The van der Waals surface area contributed by atoms with E-state index in [4.69, 9.17) is 0 Å². The van der Waals surface area contributed by atoms with Gasteiger partial charge in [0.05, 0.1) is 17.1 Å². The van der Waals surface area contributed by atoms with E-state index in [9.17, 15) is 14.4 Å². The molecule has 2 aliphatic heterocycles. The van der Waals surface area contributed by atoms with E-state index in [1.165, 1.54) is 11.3 Å². The number of imide groups is 1. The van der Waals surface area contributed by atoms with Crippen molar-refractivity contribution in [3.8, 4) is 0 Å². The van der Waals surface area contributed by atoms with E-state index in [1.54, 1.807) is 11.8 Å². The Hall–Kier alpha value is -1.89. The summed E-state index contributed by atoms with van der Waals surface area (Å²) in [5.41, 5.74) is 0.658. The number of carbonyl (C=O) groups excluding carboxylic acids is 3. The minimum Gasteiger partial charge on any atom is -0.374 e. The number of carbonyl (C=O) groups is 3. The van der Waals surface area contributed by atoms with Gasteiger partial charge in [-0.1, -0.05) is 0 Å². The third-order valence-corrected chi connectivity index (χ3v) is 5.24. The van der Waals surface area contributed by atoms with E-state index in [0.29, 0.717) is 18.5 Å². The molecule has 1 aromatic rings. The first-order chi connectivity index (χ1) is 10.3. The van der Waals surface area contributed by atoms with Crippen molar-refractivity contribution >= 4 is 34.1 Å². The van der Waals surface area contributed by atoms with E-state index in [2.05, 4.69) is 10.6 Å². The number of fused-ring (bicyclic) bond motifs is 1. The monoisotopic (exact) mass is 321 g/mol. The molecule has 1 fully saturated rings. The smallest absolute Gasteiger partial charge is 0.256 e. The van der Waals surface area contributed by atoms with E-state index in [0.717, 1.165) is 10.6 Å². The fraction of sp³-hybridized carbons (Fsp3) is 0.533. The van der Waals surface area contributed by atoms with Gasteiger partial charge in [0.15, 0.2) is 0 Å². The molecule has 3 heterocycles. The van der Waals surface area contributed by atoms with Crippen LogP contribution in [-0.2, 0) is 16.1 Å². The molecule has 7 heteroatoms. The van der Waals surface area contributed by atoms with Gasteiger partial charge in [0.25, 0.3) is 11.8 Å². The number of nitrogens with zero attached hydrogens (tertiary/aromatic N) is 1. The number of piperidine rings is 1. The summed E-state index contributed by atoms with van der Waals surface area (Å²) in [4.78, 5) is 37.9. The van der Waals surface area contributed by atoms with Crippen LogP contribution in [0.1, 0.15) is 49.5 Å². The van der Waals surface area contributed by atoms with E-state index in [1.807, 2.05) is 19.2 Å². The van der Waals surface area contributed by atoms with Gasteiger partial charge in [-0.15, -0.1) is 11.3 Å². The highest BCUT2D eigenvalue weighted by Gasteiger charge is 2.49. The molecule has 6 nitrogen and oxygen atoms in total. The van der Waals surface area contributed by atoms with Gasteiger partial charge < -0.3 is 10.2 Å². The predicted octanol–water partition coefficient (Wildman–Crippen LogP) is 1.72. The van der Waals surface area contributed by atoms with Crippen LogP contribution < -0.4 is 10.6 Å². The van der Waals surface area contributed by atoms with Gasteiger partial charge in [0.2, 0.25) is 5.91 Å². The predicted molar refractivity (Wildman–Crippen MR) is 83.7 cm³/mol. The molecule has 2 N–H and O–H groups in total. The highest BCUT2D eigenvalue weighted by atomic mass is 32.1. The van der Waals surface area contributed by atoms with Gasteiger partial charge in [-0.25, -0.2) is 0 Å². The maximum Gasteiger partial charge on any atom is 0.256 e. The van der Waals surface area contributed by atoms with Crippen LogP contribution >= 0.6 is 11.3 Å². The van der Waals surface area contributed by atoms with Crippen LogP contribution in [0.2, 0.25) is 0 Å². The zero-order valence-corrected chi connectivity index (χ0v) is 13.7. The highest BCUT2D eigenvalue weighted by molar-refractivity contribution is 7.14. The number of nitrogens with one attached hydrogen (secondary N) is 2. The van der Waals surface area contributed by atoms with E-state index >= 15 is 0 Å². The zero-order valence-electron chi connectivity index (χ0n) is 12.9. The average Bonchev–Trinajstić information content (AvgIpc) is 2.96. The quantitative estimate of drug-likeness (QED) is 0.831. The van der Waals surface area contributed by atoms with Crippen LogP contribution in [0.25, 0.3) is 0 Å². The van der Waals surface area contributed by atoms with Crippen molar-refractivity contribution in [2.45, 2.75) is 51.7 Å². The first kappa shape index (κ1) is 15.0. The van der Waals surface area contributed by atoms with Gasteiger partial charge in [0.1, 0.15) is 5.54 Å². The molecule has 0 aliphatic carbocycles. The molecule has 1 saturated heterocycles. The fourth-order valence-electron chi connectivity index (χ4n) is 2.93. The van der Waals surface area contributed by atoms with E-state index < -0.39 is 5.54 Å². The summed E-state index contributed by atoms with van der Waals surface area (Å²) >= 11 is 1.52. The third-order valence-electron chi connectivity index (χ3n) is 4.28. The van der Waals surface area contributed by atoms with Crippen LogP contribution in [0, 0.1) is 0 Å². The molecule has 0 bridgehead atoms. The average molecular weight is 321 g/mol. The number of hydrogen-bond donors (Lipinski definition) is 2. The molecule has 22 heavy (non-hydrogen) atoms. The number of thiophene rings is 1. The van der Waals surface area contributed by atoms with Crippen LogP contribution in [-0.4, -0.2) is 34.2 Å². The Morgan fingerprint density at radius 1 is 1.36 bits per heavy atom. The zero-order chi connectivity index (χ0) is 16.1. The Bertz CT molecular complexity index is 667. The van der Waals surface area contributed by atoms with Crippen LogP contribution in [0.3, 0.4) is 0 Å². The summed E-state index contributed by atoms with van der Waals surface area (Å²) in [5, 5.41) is 8.52. The molecule has 1 atom stereocenters. The molecule has 0 saturated carbocycles. The Labute approximate surface area is 132 Å². The van der Waals surface area contributed by atoms with Crippen LogP contribution in [0.4, 0.5) is 5.00 Å². The molecular weight excluding hydrogens is 302 g/mol. The lowest BCUT2D eigenvalue weighted by Gasteiger charge is -2.39. The normalized spacial score (nSPS) is 24.7. The van der Waals surface area contributed by atoms with Crippen LogP contribution in [0.15, 0.2) is 5.38 Å². The summed E-state index contributed by atoms with van der Waals surface area (Å²) < 4.78 is 0. The minimum absolute atomic E-state index is 0.130. The maximum absolute atomic E-state index is 12.7. The molecular formula is C15H19N3O3S.